The van der Waals surface area contributed by atoms with E-state index >= 15 is 0 Å². The van der Waals surface area contributed by atoms with Crippen LogP contribution in [0.2, 0.25) is 0 Å². The third-order valence-corrected chi connectivity index (χ3v) is 6.25. The number of anilines is 2. The molecule has 0 bridgehead atoms. The zero-order valence-electron chi connectivity index (χ0n) is 18.7. The van der Waals surface area contributed by atoms with Crippen molar-refractivity contribution in [2.24, 2.45) is 0 Å². The molecule has 0 radical (unpaired) electrons. The van der Waals surface area contributed by atoms with Gasteiger partial charge in [-0.25, -0.2) is 4.79 Å². The van der Waals surface area contributed by atoms with E-state index in [1.165, 1.54) is 30.0 Å². The highest BCUT2D eigenvalue weighted by molar-refractivity contribution is 8.00. The number of carbonyl (C=O) groups excluding carboxylic acids is 2. The summed E-state index contributed by atoms with van der Waals surface area (Å²) in [5.41, 5.74) is 1.45. The second-order valence-corrected chi connectivity index (χ2v) is 8.79. The average molecular weight is 479 g/mol. The maximum Gasteiger partial charge on any atom is 0.339 e. The van der Waals surface area contributed by atoms with Gasteiger partial charge in [0.2, 0.25) is 11.8 Å². The van der Waals surface area contributed by atoms with Crippen molar-refractivity contribution in [3.8, 4) is 5.75 Å². The van der Waals surface area contributed by atoms with Crippen LogP contribution in [0.15, 0.2) is 77.7 Å². The first kappa shape index (κ1) is 24.9. The van der Waals surface area contributed by atoms with Crippen molar-refractivity contribution in [2.45, 2.75) is 36.3 Å². The van der Waals surface area contributed by atoms with Crippen LogP contribution in [-0.4, -0.2) is 28.0 Å². The third-order valence-electron chi connectivity index (χ3n) is 4.98. The van der Waals surface area contributed by atoms with E-state index in [4.69, 9.17) is 0 Å². The number of thioether (sulfide) groups is 1. The number of aromatic hydroxyl groups is 1. The van der Waals surface area contributed by atoms with Crippen LogP contribution >= 0.6 is 11.8 Å². The van der Waals surface area contributed by atoms with Gasteiger partial charge in [-0.3, -0.25) is 9.59 Å². The van der Waals surface area contributed by atoms with Crippen molar-refractivity contribution < 1.29 is 24.6 Å². The number of hydrogen-bond acceptors (Lipinski definition) is 5. The number of unbranched alkanes of at least 4 members (excludes halogenated alkanes) is 1. The largest absolute Gasteiger partial charge is 0.507 e. The van der Waals surface area contributed by atoms with E-state index in [1.54, 1.807) is 12.1 Å². The molecule has 8 heteroatoms. The second-order valence-electron chi connectivity index (χ2n) is 7.61. The number of benzene rings is 3. The van der Waals surface area contributed by atoms with Gasteiger partial charge in [0.25, 0.3) is 0 Å². The molecule has 0 aliphatic carbocycles. The lowest BCUT2D eigenvalue weighted by molar-refractivity contribution is -0.116. The van der Waals surface area contributed by atoms with Gasteiger partial charge in [-0.05, 0) is 54.4 Å². The topological polar surface area (TPSA) is 116 Å². The minimum absolute atomic E-state index is 0.0292. The van der Waals surface area contributed by atoms with Gasteiger partial charge in [0.15, 0.2) is 0 Å². The van der Waals surface area contributed by atoms with Crippen LogP contribution in [0.5, 0.6) is 5.75 Å². The Bertz CT molecular complexity index is 1150. The number of amides is 2. The fraction of sp³-hybridized carbons (Fsp3) is 0.192. The first-order valence-electron chi connectivity index (χ1n) is 10.9. The first-order valence-corrected chi connectivity index (χ1v) is 11.7. The van der Waals surface area contributed by atoms with Crippen LogP contribution in [-0.2, 0) is 9.59 Å². The molecular formula is C26H26N2O5S. The van der Waals surface area contributed by atoms with Crippen molar-refractivity contribution in [1.29, 1.82) is 0 Å². The zero-order chi connectivity index (χ0) is 24.5. The number of carbonyl (C=O) groups is 3. The summed E-state index contributed by atoms with van der Waals surface area (Å²) in [6, 6.07) is 20.4. The summed E-state index contributed by atoms with van der Waals surface area (Å²) in [7, 11) is 0. The van der Waals surface area contributed by atoms with Gasteiger partial charge in [-0.1, -0.05) is 43.7 Å². The zero-order valence-corrected chi connectivity index (χ0v) is 19.5. The Labute approximate surface area is 202 Å². The highest BCUT2D eigenvalue weighted by Gasteiger charge is 2.23. The highest BCUT2D eigenvalue weighted by Crippen LogP contribution is 2.37. The minimum atomic E-state index is -1.29. The minimum Gasteiger partial charge on any atom is -0.507 e. The normalized spacial score (nSPS) is 11.4. The molecule has 0 saturated heterocycles. The summed E-state index contributed by atoms with van der Waals surface area (Å²) in [6.45, 7) is 2.03. The molecular weight excluding hydrogens is 452 g/mol. The molecule has 176 valence electrons. The van der Waals surface area contributed by atoms with E-state index < -0.39 is 11.2 Å². The van der Waals surface area contributed by atoms with Gasteiger partial charge >= 0.3 is 5.97 Å². The van der Waals surface area contributed by atoms with Gasteiger partial charge in [-0.15, -0.1) is 11.8 Å². The Kier molecular flexibility index (Phi) is 8.70. The van der Waals surface area contributed by atoms with Gasteiger partial charge in [-0.2, -0.15) is 0 Å². The van der Waals surface area contributed by atoms with Gasteiger partial charge in [0.1, 0.15) is 16.6 Å². The van der Waals surface area contributed by atoms with Crippen LogP contribution in [0, 0.1) is 0 Å². The molecule has 1 unspecified atom stereocenters. The van der Waals surface area contributed by atoms with Crippen LogP contribution < -0.4 is 10.6 Å². The number of aromatic carboxylic acids is 1. The summed E-state index contributed by atoms with van der Waals surface area (Å²) in [4.78, 5) is 37.3. The lowest BCUT2D eigenvalue weighted by Crippen LogP contribution is -2.19. The number of phenols is 1. The number of nitrogens with one attached hydrogen (secondary N) is 2. The van der Waals surface area contributed by atoms with Gasteiger partial charge in [0, 0.05) is 22.7 Å². The molecule has 34 heavy (non-hydrogen) atoms. The van der Waals surface area contributed by atoms with E-state index in [1.807, 2.05) is 49.4 Å². The van der Waals surface area contributed by atoms with E-state index in [0.717, 1.165) is 23.3 Å². The fourth-order valence-corrected chi connectivity index (χ4v) is 4.23. The molecule has 3 rings (SSSR count). The molecule has 0 aliphatic heterocycles. The summed E-state index contributed by atoms with van der Waals surface area (Å²) in [6.07, 6.45) is 2.26. The predicted octanol–water partition coefficient (Wildman–Crippen LogP) is 5.69. The van der Waals surface area contributed by atoms with E-state index in [-0.39, 0.29) is 28.8 Å². The maximum absolute atomic E-state index is 13.2. The molecule has 3 aromatic rings. The number of carboxylic acid groups (broad SMARTS) is 1. The molecule has 0 aromatic heterocycles. The second kappa shape index (κ2) is 11.9. The van der Waals surface area contributed by atoms with Crippen LogP contribution in [0.1, 0.15) is 47.4 Å². The number of hydrogen-bond donors (Lipinski definition) is 4. The predicted molar refractivity (Wildman–Crippen MR) is 133 cm³/mol. The summed E-state index contributed by atoms with van der Waals surface area (Å²) in [5, 5.41) is 23.9. The molecule has 0 spiro atoms. The Morgan fingerprint density at radius 1 is 0.912 bits per heavy atom. The molecule has 3 aromatic carbocycles. The van der Waals surface area contributed by atoms with E-state index in [2.05, 4.69) is 10.6 Å². The Morgan fingerprint density at radius 2 is 1.59 bits per heavy atom. The van der Waals surface area contributed by atoms with Crippen molar-refractivity contribution in [3.63, 3.8) is 0 Å². The lowest BCUT2D eigenvalue weighted by Gasteiger charge is -2.18. The first-order chi connectivity index (χ1) is 16.4. The highest BCUT2D eigenvalue weighted by atomic mass is 32.2. The van der Waals surface area contributed by atoms with E-state index in [9.17, 15) is 24.6 Å². The summed E-state index contributed by atoms with van der Waals surface area (Å²) >= 11 is 1.33. The van der Waals surface area contributed by atoms with Gasteiger partial charge in [0.05, 0.1) is 0 Å². The third kappa shape index (κ3) is 6.86. The van der Waals surface area contributed by atoms with Crippen molar-refractivity contribution in [1.82, 2.24) is 0 Å². The molecule has 0 aliphatic rings. The van der Waals surface area contributed by atoms with E-state index in [0.29, 0.717) is 12.1 Å². The standard InChI is InChI=1S/C26H26N2O5S/c1-2-3-9-23(30)27-18-10-13-20(14-11-18)34-24(17-7-5-4-6-8-17)25(31)28-19-12-15-22(29)21(16-19)26(32)33/h4-8,10-16,24,29H,2-3,9H2,1H3,(H,27,30)(H,28,31)(H,32,33). The molecule has 2 amide bonds. The Morgan fingerprint density at radius 3 is 2.24 bits per heavy atom. The summed E-state index contributed by atoms with van der Waals surface area (Å²) in [5.74, 6) is -2.03. The molecule has 7 nitrogen and oxygen atoms in total. The monoisotopic (exact) mass is 478 g/mol. The lowest BCUT2D eigenvalue weighted by atomic mass is 10.1. The van der Waals surface area contributed by atoms with Crippen LogP contribution in [0.25, 0.3) is 0 Å². The van der Waals surface area contributed by atoms with Crippen LogP contribution in [0.3, 0.4) is 0 Å². The van der Waals surface area contributed by atoms with Crippen molar-refractivity contribution >= 4 is 40.9 Å². The Hall–Kier alpha value is -3.78. The SMILES string of the molecule is CCCCC(=O)Nc1ccc(SC(C(=O)Nc2ccc(O)c(C(=O)O)c2)c2ccccc2)cc1. The van der Waals surface area contributed by atoms with Gasteiger partial charge < -0.3 is 20.8 Å². The summed E-state index contributed by atoms with van der Waals surface area (Å²) < 4.78 is 0. The maximum atomic E-state index is 13.2. The number of carboxylic acids is 1. The van der Waals surface area contributed by atoms with Crippen molar-refractivity contribution in [2.75, 3.05) is 10.6 Å². The molecule has 4 N–H and O–H groups in total. The number of rotatable bonds is 10. The molecule has 0 fully saturated rings. The molecule has 0 heterocycles. The fourth-order valence-electron chi connectivity index (χ4n) is 3.21. The smallest absolute Gasteiger partial charge is 0.339 e. The molecule has 0 saturated carbocycles. The Balaban J connectivity index is 1.77. The quantitative estimate of drug-likeness (QED) is 0.220. The molecule has 1 atom stereocenters. The van der Waals surface area contributed by atoms with Crippen molar-refractivity contribution in [3.05, 3.63) is 83.9 Å². The average Bonchev–Trinajstić information content (AvgIpc) is 2.83. The van der Waals surface area contributed by atoms with Crippen LogP contribution in [0.4, 0.5) is 11.4 Å².